The second-order valence-electron chi connectivity index (χ2n) is 5.39. The van der Waals surface area contributed by atoms with E-state index in [1.54, 1.807) is 0 Å². The average molecular weight is 282 g/mol. The Morgan fingerprint density at radius 1 is 1.00 bits per heavy atom. The number of nitrogens with one attached hydrogen (secondary N) is 2. The van der Waals surface area contributed by atoms with E-state index in [-0.39, 0.29) is 11.8 Å². The molecule has 0 aromatic heterocycles. The lowest BCUT2D eigenvalue weighted by Gasteiger charge is -2.11. The summed E-state index contributed by atoms with van der Waals surface area (Å²) in [6.45, 7) is 4.64. The Hall–Kier alpha value is -2.29. The highest BCUT2D eigenvalue weighted by Gasteiger charge is 2.06. The van der Waals surface area contributed by atoms with Crippen molar-refractivity contribution < 1.29 is 4.79 Å². The van der Waals surface area contributed by atoms with Crippen LogP contribution in [0.2, 0.25) is 0 Å². The summed E-state index contributed by atoms with van der Waals surface area (Å²) in [5, 5.41) is 6.30. The van der Waals surface area contributed by atoms with Gasteiger partial charge in [-0.25, -0.2) is 0 Å². The molecular formula is C18H22N2O. The molecule has 0 fully saturated rings. The van der Waals surface area contributed by atoms with Gasteiger partial charge in [-0.1, -0.05) is 50.2 Å². The lowest BCUT2D eigenvalue weighted by Crippen LogP contribution is -2.17. The van der Waals surface area contributed by atoms with Gasteiger partial charge in [-0.2, -0.15) is 0 Å². The molecule has 0 bridgehead atoms. The summed E-state index contributed by atoms with van der Waals surface area (Å²) in [6.07, 6.45) is 0.976. The van der Waals surface area contributed by atoms with Crippen molar-refractivity contribution >= 4 is 17.3 Å². The summed E-state index contributed by atoms with van der Waals surface area (Å²) in [7, 11) is 0. The fourth-order valence-corrected chi connectivity index (χ4v) is 1.99. The van der Waals surface area contributed by atoms with E-state index in [4.69, 9.17) is 0 Å². The van der Waals surface area contributed by atoms with Crippen LogP contribution in [0.15, 0.2) is 54.6 Å². The highest BCUT2D eigenvalue weighted by molar-refractivity contribution is 5.92. The number of anilines is 2. The van der Waals surface area contributed by atoms with E-state index in [2.05, 4.69) is 34.9 Å². The van der Waals surface area contributed by atoms with Gasteiger partial charge in [0, 0.05) is 23.8 Å². The highest BCUT2D eigenvalue weighted by atomic mass is 16.1. The van der Waals surface area contributed by atoms with E-state index in [0.717, 1.165) is 24.3 Å². The van der Waals surface area contributed by atoms with E-state index >= 15 is 0 Å². The van der Waals surface area contributed by atoms with Gasteiger partial charge < -0.3 is 10.6 Å². The maximum absolute atomic E-state index is 11.7. The van der Waals surface area contributed by atoms with Crippen LogP contribution in [-0.4, -0.2) is 12.5 Å². The van der Waals surface area contributed by atoms with Crippen LogP contribution in [0.5, 0.6) is 0 Å². The number of rotatable bonds is 6. The summed E-state index contributed by atoms with van der Waals surface area (Å²) in [6, 6.07) is 18.2. The second kappa shape index (κ2) is 7.48. The van der Waals surface area contributed by atoms with Crippen molar-refractivity contribution in [3.05, 3.63) is 60.2 Å². The number of hydrogen-bond acceptors (Lipinski definition) is 2. The molecular weight excluding hydrogens is 260 g/mol. The second-order valence-corrected chi connectivity index (χ2v) is 5.39. The number of carbonyl (C=O) groups is 1. The zero-order valence-electron chi connectivity index (χ0n) is 12.6. The Labute approximate surface area is 126 Å². The largest absolute Gasteiger partial charge is 0.385 e. The van der Waals surface area contributed by atoms with Gasteiger partial charge >= 0.3 is 0 Å². The first kappa shape index (κ1) is 15.1. The van der Waals surface area contributed by atoms with E-state index in [1.165, 1.54) is 5.56 Å². The van der Waals surface area contributed by atoms with Crippen LogP contribution in [-0.2, 0) is 11.2 Å². The standard InChI is InChI=1S/C18H22N2O/c1-14(2)18(21)20-17-10-6-9-16(13-17)19-12-11-15-7-4-3-5-8-15/h3-10,13-14,19H,11-12H2,1-2H3,(H,20,21). The lowest BCUT2D eigenvalue weighted by molar-refractivity contribution is -0.118. The van der Waals surface area contributed by atoms with Gasteiger partial charge in [0.25, 0.3) is 0 Å². The average Bonchev–Trinajstić information content (AvgIpc) is 2.48. The van der Waals surface area contributed by atoms with Crippen LogP contribution in [0, 0.1) is 5.92 Å². The van der Waals surface area contributed by atoms with E-state index in [0.29, 0.717) is 0 Å². The predicted molar refractivity (Wildman–Crippen MR) is 88.5 cm³/mol. The molecule has 2 N–H and O–H groups in total. The lowest BCUT2D eigenvalue weighted by atomic mass is 10.1. The smallest absolute Gasteiger partial charge is 0.226 e. The van der Waals surface area contributed by atoms with Crippen molar-refractivity contribution in [3.8, 4) is 0 Å². The monoisotopic (exact) mass is 282 g/mol. The molecule has 0 aliphatic carbocycles. The molecule has 0 atom stereocenters. The van der Waals surface area contributed by atoms with Gasteiger partial charge in [-0.05, 0) is 30.2 Å². The van der Waals surface area contributed by atoms with Crippen LogP contribution in [0.3, 0.4) is 0 Å². The van der Waals surface area contributed by atoms with Crippen molar-refractivity contribution in [2.24, 2.45) is 5.92 Å². The van der Waals surface area contributed by atoms with Gasteiger partial charge in [-0.15, -0.1) is 0 Å². The third-order valence-electron chi connectivity index (χ3n) is 3.24. The third-order valence-corrected chi connectivity index (χ3v) is 3.24. The van der Waals surface area contributed by atoms with E-state index in [9.17, 15) is 4.79 Å². The van der Waals surface area contributed by atoms with Crippen LogP contribution >= 0.6 is 0 Å². The zero-order chi connectivity index (χ0) is 15.1. The molecule has 0 aliphatic heterocycles. The predicted octanol–water partition coefficient (Wildman–Crippen LogP) is 3.94. The summed E-state index contributed by atoms with van der Waals surface area (Å²) >= 11 is 0. The van der Waals surface area contributed by atoms with E-state index < -0.39 is 0 Å². The fourth-order valence-electron chi connectivity index (χ4n) is 1.99. The van der Waals surface area contributed by atoms with Gasteiger partial charge in [-0.3, -0.25) is 4.79 Å². The van der Waals surface area contributed by atoms with Crippen molar-refractivity contribution in [2.75, 3.05) is 17.2 Å². The van der Waals surface area contributed by atoms with Crippen LogP contribution in [0.4, 0.5) is 11.4 Å². The number of carbonyl (C=O) groups excluding carboxylic acids is 1. The van der Waals surface area contributed by atoms with Crippen molar-refractivity contribution in [1.29, 1.82) is 0 Å². The van der Waals surface area contributed by atoms with Crippen LogP contribution in [0.1, 0.15) is 19.4 Å². The molecule has 0 saturated heterocycles. The molecule has 3 nitrogen and oxygen atoms in total. The quantitative estimate of drug-likeness (QED) is 0.842. The maximum atomic E-state index is 11.7. The highest BCUT2D eigenvalue weighted by Crippen LogP contribution is 2.16. The van der Waals surface area contributed by atoms with Crippen molar-refractivity contribution in [2.45, 2.75) is 20.3 Å². The van der Waals surface area contributed by atoms with E-state index in [1.807, 2.05) is 44.2 Å². The molecule has 1 amide bonds. The molecule has 21 heavy (non-hydrogen) atoms. The Kier molecular flexibility index (Phi) is 5.38. The summed E-state index contributed by atoms with van der Waals surface area (Å²) in [5.41, 5.74) is 3.17. The summed E-state index contributed by atoms with van der Waals surface area (Å²) in [4.78, 5) is 11.7. The SMILES string of the molecule is CC(C)C(=O)Nc1cccc(NCCc2ccccc2)c1. The molecule has 0 radical (unpaired) electrons. The maximum Gasteiger partial charge on any atom is 0.226 e. The Morgan fingerprint density at radius 3 is 2.43 bits per heavy atom. The van der Waals surface area contributed by atoms with Gasteiger partial charge in [0.1, 0.15) is 0 Å². The Balaban J connectivity index is 1.88. The first-order chi connectivity index (χ1) is 10.1. The minimum Gasteiger partial charge on any atom is -0.385 e. The molecule has 0 aliphatic rings. The molecule has 0 spiro atoms. The van der Waals surface area contributed by atoms with Crippen molar-refractivity contribution in [3.63, 3.8) is 0 Å². The topological polar surface area (TPSA) is 41.1 Å². The molecule has 3 heteroatoms. The minimum atomic E-state index is -0.0142. The Bertz CT molecular complexity index is 579. The van der Waals surface area contributed by atoms with Crippen LogP contribution in [0.25, 0.3) is 0 Å². The molecule has 110 valence electrons. The Morgan fingerprint density at radius 2 is 1.71 bits per heavy atom. The molecule has 0 unspecified atom stereocenters. The molecule has 0 heterocycles. The molecule has 0 saturated carbocycles. The van der Waals surface area contributed by atoms with Gasteiger partial charge in [0.05, 0.1) is 0 Å². The summed E-state index contributed by atoms with van der Waals surface area (Å²) in [5.74, 6) is 0.0242. The van der Waals surface area contributed by atoms with Gasteiger partial charge in [0.2, 0.25) is 5.91 Å². The van der Waals surface area contributed by atoms with Crippen molar-refractivity contribution in [1.82, 2.24) is 0 Å². The minimum absolute atomic E-state index is 0.0142. The molecule has 2 rings (SSSR count). The fraction of sp³-hybridized carbons (Fsp3) is 0.278. The zero-order valence-corrected chi connectivity index (χ0v) is 12.6. The molecule has 2 aromatic carbocycles. The number of benzene rings is 2. The first-order valence-electron chi connectivity index (χ1n) is 7.34. The third kappa shape index (κ3) is 4.95. The number of amides is 1. The molecule has 2 aromatic rings. The normalized spacial score (nSPS) is 10.4. The van der Waals surface area contributed by atoms with Crippen LogP contribution < -0.4 is 10.6 Å². The van der Waals surface area contributed by atoms with Gasteiger partial charge in [0.15, 0.2) is 0 Å². The first-order valence-corrected chi connectivity index (χ1v) is 7.34. The number of hydrogen-bond donors (Lipinski definition) is 2. The summed E-state index contributed by atoms with van der Waals surface area (Å²) < 4.78 is 0.